The third-order valence-corrected chi connectivity index (χ3v) is 9.35. The number of imidazole rings is 1. The summed E-state index contributed by atoms with van der Waals surface area (Å²) in [5.41, 5.74) is 5.33. The van der Waals surface area contributed by atoms with Gasteiger partial charge in [-0.25, -0.2) is 19.7 Å². The van der Waals surface area contributed by atoms with Gasteiger partial charge in [0.25, 0.3) is 7.82 Å². The quantitative estimate of drug-likeness (QED) is 0.150. The number of rotatable bonds is 11. The lowest BCUT2D eigenvalue weighted by molar-refractivity contribution is -0.234. The Morgan fingerprint density at radius 1 is 1.20 bits per heavy atom. The van der Waals surface area contributed by atoms with Crippen molar-refractivity contribution in [3.05, 3.63) is 12.7 Å². The first-order valence-electron chi connectivity index (χ1n) is 12.0. The average molecular weight is 607 g/mol. The molecule has 0 bridgehead atoms. The lowest BCUT2D eigenvalue weighted by Crippen LogP contribution is -2.36. The molecule has 7 atom stereocenters. The van der Waals surface area contributed by atoms with E-state index in [1.54, 1.807) is 0 Å². The molecule has 1 saturated heterocycles. The summed E-state index contributed by atoms with van der Waals surface area (Å²) in [5.74, 6) is -1.63. The van der Waals surface area contributed by atoms with Crippen LogP contribution in [-0.2, 0) is 27.5 Å². The fraction of sp³-hybridized carbons (Fsp3) is 0.632. The number of urea groups is 1. The van der Waals surface area contributed by atoms with Crippen LogP contribution in [0.1, 0.15) is 31.9 Å². The predicted molar refractivity (Wildman–Crippen MR) is 128 cm³/mol. The zero-order valence-electron chi connectivity index (χ0n) is 20.6. The third kappa shape index (κ3) is 7.19. The van der Waals surface area contributed by atoms with Crippen molar-refractivity contribution >= 4 is 44.4 Å². The lowest BCUT2D eigenvalue weighted by Gasteiger charge is -2.32. The predicted octanol–water partition coefficient (Wildman–Crippen LogP) is -2.02. The fourth-order valence-electron chi connectivity index (χ4n) is 4.32. The van der Waals surface area contributed by atoms with Crippen molar-refractivity contribution in [2.24, 2.45) is 5.73 Å². The Bertz CT molecular complexity index is 1340. The molecule has 7 N–H and O–H groups in total. The first-order chi connectivity index (χ1) is 18.8. The Kier molecular flexibility index (Phi) is 9.21. The van der Waals surface area contributed by atoms with Crippen molar-refractivity contribution in [3.8, 4) is 0 Å². The largest absolute Gasteiger partial charge is 0.778 e. The Morgan fingerprint density at radius 2 is 1.90 bits per heavy atom. The third-order valence-electron chi connectivity index (χ3n) is 6.25. The van der Waals surface area contributed by atoms with Crippen LogP contribution in [0.3, 0.4) is 0 Å². The number of nitrogens with one attached hydrogen (secondary N) is 2. The molecule has 1 saturated carbocycles. The monoisotopic (exact) mass is 607 g/mol. The number of aliphatic hydroxyl groups is 2. The summed E-state index contributed by atoms with van der Waals surface area (Å²) in [6.07, 6.45) is -1.41. The molecule has 2 aromatic rings. The highest BCUT2D eigenvalue weighted by molar-refractivity contribution is 7.62. The number of nitrogens with zero attached hydrogens (tertiary/aromatic N) is 4. The molecule has 4 unspecified atom stereocenters. The summed E-state index contributed by atoms with van der Waals surface area (Å²) in [5, 5.41) is 35.1. The van der Waals surface area contributed by atoms with E-state index in [0.717, 1.165) is 32.0 Å². The van der Waals surface area contributed by atoms with Gasteiger partial charge < -0.3 is 50.0 Å². The number of carbonyl (C=O) groups excluding carboxylic acids is 1. The molecule has 4 rings (SSSR count). The van der Waals surface area contributed by atoms with Crippen LogP contribution in [0.15, 0.2) is 12.7 Å². The molecule has 40 heavy (non-hydrogen) atoms. The highest BCUT2D eigenvalue weighted by Crippen LogP contribution is 2.55. The number of carbonyl (C=O) groups is 2. The maximum Gasteiger partial charge on any atom is 0.320 e. The Labute approximate surface area is 225 Å². The number of amides is 2. The molecule has 0 aromatic carbocycles. The van der Waals surface area contributed by atoms with Crippen LogP contribution in [0.25, 0.3) is 11.2 Å². The summed E-state index contributed by atoms with van der Waals surface area (Å²) >= 11 is 0. The number of aliphatic hydroxyl groups excluding tert-OH is 2. The number of fused-ring (bicyclic) bond motifs is 1. The van der Waals surface area contributed by atoms with Crippen LogP contribution in [-0.4, -0.2) is 90.0 Å². The number of aliphatic carboxylic acids is 1. The second-order valence-electron chi connectivity index (χ2n) is 9.24. The van der Waals surface area contributed by atoms with Gasteiger partial charge in [-0.05, 0) is 12.8 Å². The second-order valence-corrected chi connectivity index (χ2v) is 12.6. The van der Waals surface area contributed by atoms with E-state index in [0.29, 0.717) is 0 Å². The van der Waals surface area contributed by atoms with Crippen molar-refractivity contribution in [1.29, 1.82) is 0 Å². The topological polar surface area (TPSA) is 296 Å². The van der Waals surface area contributed by atoms with E-state index in [1.807, 2.05) is 0 Å². The summed E-state index contributed by atoms with van der Waals surface area (Å²) < 4.78 is 39.1. The van der Waals surface area contributed by atoms with E-state index in [1.165, 1.54) is 10.9 Å². The number of anilines is 1. The summed E-state index contributed by atoms with van der Waals surface area (Å²) in [6, 6.07) is -2.37. The number of phosphoric acid groups is 1. The van der Waals surface area contributed by atoms with Crippen LogP contribution in [0.2, 0.25) is 0 Å². The highest BCUT2D eigenvalue weighted by Gasteiger charge is 2.45. The zero-order chi connectivity index (χ0) is 29.2. The maximum atomic E-state index is 12.4. The van der Waals surface area contributed by atoms with Crippen LogP contribution in [0.4, 0.5) is 10.6 Å². The fourth-order valence-corrected chi connectivity index (χ4v) is 6.96. The Morgan fingerprint density at radius 3 is 2.58 bits per heavy atom. The molecule has 2 aromatic heterocycles. The average Bonchev–Trinajstić information content (AvgIpc) is 3.58. The van der Waals surface area contributed by atoms with Gasteiger partial charge >= 0.3 is 12.0 Å². The van der Waals surface area contributed by atoms with Crippen molar-refractivity contribution in [3.63, 3.8) is 0 Å². The molecule has 1 aliphatic heterocycles. The van der Waals surface area contributed by atoms with E-state index >= 15 is 0 Å². The molecule has 2 amide bonds. The first kappa shape index (κ1) is 30.4. The van der Waals surface area contributed by atoms with Crippen LogP contribution < -0.4 is 26.2 Å². The van der Waals surface area contributed by atoms with E-state index in [9.17, 15) is 38.7 Å². The molecule has 222 valence electrons. The van der Waals surface area contributed by atoms with Gasteiger partial charge in [-0.1, -0.05) is 12.8 Å². The number of hydrogen-bond donors (Lipinski definition) is 6. The minimum Gasteiger partial charge on any atom is -0.778 e. The molecule has 1 aliphatic carbocycles. The number of aromatic nitrogens is 4. The van der Waals surface area contributed by atoms with Crippen LogP contribution >= 0.6 is 15.4 Å². The Hall–Kier alpha value is -2.57. The van der Waals surface area contributed by atoms with Crippen LogP contribution in [0.5, 0.6) is 0 Å². The Balaban J connectivity index is 1.41. The van der Waals surface area contributed by atoms with E-state index in [-0.39, 0.29) is 23.0 Å². The van der Waals surface area contributed by atoms with E-state index < -0.39 is 70.8 Å². The molecule has 0 radical (unpaired) electrons. The van der Waals surface area contributed by atoms with Gasteiger partial charge in [0, 0.05) is 12.2 Å². The zero-order valence-corrected chi connectivity index (χ0v) is 22.4. The van der Waals surface area contributed by atoms with Gasteiger partial charge in [-0.3, -0.25) is 23.6 Å². The molecular formula is C19H27N7O12P2-2. The van der Waals surface area contributed by atoms with Gasteiger partial charge in [0.1, 0.15) is 38.3 Å². The first-order valence-corrected chi connectivity index (χ1v) is 15.2. The van der Waals surface area contributed by atoms with E-state index in [2.05, 4.69) is 34.4 Å². The standard InChI is InChI=1S/C19H29N7O12P2/c20-10(18(29)30)6-39(32,33)38-40(34,35)36-5-11-13(27)14(28)17(37-11)26-8-23-12-15(21-7-22-16(12)26)25-19(31)24-9-3-1-2-4-9/h7-11,13-14,17,27-28H,1-6,20H2,(H,29,30)(H,32,33)(H,34,35)(H2,21,22,24,25,31)/p-2/t10?,11-,13?,14+,17-/m1/s1. The van der Waals surface area contributed by atoms with Crippen molar-refractivity contribution in [2.45, 2.75) is 62.3 Å². The molecule has 3 heterocycles. The normalized spacial score (nSPS) is 27.2. The summed E-state index contributed by atoms with van der Waals surface area (Å²) in [4.78, 5) is 59.2. The van der Waals surface area contributed by atoms with E-state index in [4.69, 9.17) is 15.6 Å². The maximum absolute atomic E-state index is 12.4. The highest BCUT2D eigenvalue weighted by atomic mass is 31.3. The summed E-state index contributed by atoms with van der Waals surface area (Å²) in [7, 11) is -10.9. The van der Waals surface area contributed by atoms with Crippen molar-refractivity contribution in [1.82, 2.24) is 24.8 Å². The molecule has 19 nitrogen and oxygen atoms in total. The lowest BCUT2D eigenvalue weighted by atomic mass is 10.1. The minimum absolute atomic E-state index is 0.0512. The SMILES string of the molecule is NC(CP(=O)([O-])OP(=O)([O-])OC[C@H]1O[C@@H](n2cnc3c(NC(=O)NC4CCCC4)ncnc32)[C@@H](O)C1O)C(=O)O. The number of nitrogens with two attached hydrogens (primary N) is 1. The van der Waals surface area contributed by atoms with Gasteiger partial charge in [0.15, 0.2) is 23.2 Å². The van der Waals surface area contributed by atoms with Gasteiger partial charge in [-0.2, -0.15) is 0 Å². The molecule has 2 aliphatic rings. The number of ether oxygens (including phenoxy) is 1. The number of carboxylic acid groups (broad SMARTS) is 1. The van der Waals surface area contributed by atoms with Gasteiger partial charge in [0.05, 0.1) is 12.9 Å². The second kappa shape index (κ2) is 12.1. The molecule has 0 spiro atoms. The molecule has 2 fully saturated rings. The number of hydrogen-bond acceptors (Lipinski definition) is 15. The van der Waals surface area contributed by atoms with Gasteiger partial charge in [-0.15, -0.1) is 0 Å². The molecule has 21 heteroatoms. The van der Waals surface area contributed by atoms with Gasteiger partial charge in [0.2, 0.25) is 0 Å². The smallest absolute Gasteiger partial charge is 0.320 e. The number of carboxylic acids is 1. The number of phosphoric ester groups is 1. The minimum atomic E-state index is -5.58. The van der Waals surface area contributed by atoms with Crippen LogP contribution in [0, 0.1) is 0 Å². The van der Waals surface area contributed by atoms with Crippen molar-refractivity contribution in [2.75, 3.05) is 18.1 Å². The van der Waals surface area contributed by atoms with Crippen molar-refractivity contribution < 1.29 is 57.4 Å². The molecular weight excluding hydrogens is 580 g/mol. The summed E-state index contributed by atoms with van der Waals surface area (Å²) in [6.45, 7) is -0.976.